The molecule has 0 atom stereocenters. The topological polar surface area (TPSA) is 42.4 Å². The van der Waals surface area contributed by atoms with E-state index in [4.69, 9.17) is 4.74 Å². The molecule has 1 heterocycles. The molecule has 0 bridgehead atoms. The van der Waals surface area contributed by atoms with E-state index in [0.29, 0.717) is 12.5 Å². The lowest BCUT2D eigenvalue weighted by atomic mass is 10.2. The van der Waals surface area contributed by atoms with Crippen molar-refractivity contribution in [3.8, 4) is 5.75 Å². The molecule has 1 fully saturated rings. The molecular weight excluding hydrogens is 270 g/mol. The van der Waals surface area contributed by atoms with Gasteiger partial charge in [0.1, 0.15) is 5.75 Å². The van der Waals surface area contributed by atoms with Gasteiger partial charge < -0.3 is 9.84 Å². The number of ether oxygens (including phenoxy) is 1. The fourth-order valence-electron chi connectivity index (χ4n) is 2.20. The van der Waals surface area contributed by atoms with Crippen LogP contribution in [0.25, 0.3) is 0 Å². The van der Waals surface area contributed by atoms with Crippen molar-refractivity contribution in [1.29, 1.82) is 0 Å². The fourth-order valence-corrected chi connectivity index (χ4v) is 3.20. The van der Waals surface area contributed by atoms with Crippen LogP contribution in [0.15, 0.2) is 24.3 Å². The first-order valence-corrected chi connectivity index (χ1v) is 7.86. The Labute approximate surface area is 123 Å². The lowest BCUT2D eigenvalue weighted by Crippen LogP contribution is -2.01. The van der Waals surface area contributed by atoms with Gasteiger partial charge in [-0.15, -0.1) is 11.3 Å². The van der Waals surface area contributed by atoms with Crippen molar-refractivity contribution in [3.63, 3.8) is 0 Å². The van der Waals surface area contributed by atoms with Crippen LogP contribution in [0, 0.1) is 6.92 Å². The zero-order chi connectivity index (χ0) is 13.9. The van der Waals surface area contributed by atoms with Gasteiger partial charge in [0.05, 0.1) is 28.8 Å². The second kappa shape index (κ2) is 5.94. The molecule has 3 rings (SSSR count). The van der Waals surface area contributed by atoms with Crippen LogP contribution in [0.4, 0.5) is 0 Å². The van der Waals surface area contributed by atoms with Gasteiger partial charge in [-0.25, -0.2) is 4.98 Å². The Morgan fingerprint density at radius 1 is 1.30 bits per heavy atom. The molecule has 2 aromatic rings. The molecule has 0 unspecified atom stereocenters. The van der Waals surface area contributed by atoms with E-state index < -0.39 is 0 Å². The highest BCUT2D eigenvalue weighted by atomic mass is 32.1. The van der Waals surface area contributed by atoms with Crippen molar-refractivity contribution >= 4 is 11.3 Å². The maximum atomic E-state index is 9.38. The number of aromatic nitrogens is 1. The van der Waals surface area contributed by atoms with Crippen molar-refractivity contribution in [2.75, 3.05) is 6.61 Å². The molecule has 4 heteroatoms. The van der Waals surface area contributed by atoms with Crippen molar-refractivity contribution in [1.82, 2.24) is 4.98 Å². The summed E-state index contributed by atoms with van der Waals surface area (Å²) in [5.41, 5.74) is 2.36. The normalized spacial score (nSPS) is 14.5. The fraction of sp³-hybridized carbons (Fsp3) is 0.438. The van der Waals surface area contributed by atoms with E-state index in [1.807, 2.05) is 24.3 Å². The SMILES string of the molecule is Cc1ccc(OCCc2nc(C3CC3)c(CO)s2)cc1. The molecule has 1 saturated carbocycles. The summed E-state index contributed by atoms with van der Waals surface area (Å²) in [5.74, 6) is 1.50. The Bertz CT molecular complexity index is 573. The summed E-state index contributed by atoms with van der Waals surface area (Å²) in [6.45, 7) is 2.81. The summed E-state index contributed by atoms with van der Waals surface area (Å²) in [6, 6.07) is 8.08. The molecule has 1 N–H and O–H groups in total. The van der Waals surface area contributed by atoms with Crippen LogP contribution in [-0.4, -0.2) is 16.7 Å². The molecule has 0 saturated heterocycles. The van der Waals surface area contributed by atoms with Gasteiger partial charge in [0.25, 0.3) is 0 Å². The molecule has 3 nitrogen and oxygen atoms in total. The van der Waals surface area contributed by atoms with Crippen LogP contribution >= 0.6 is 11.3 Å². The standard InChI is InChI=1S/C16H19NO2S/c1-11-2-6-13(7-3-11)19-9-8-15-17-16(12-4-5-12)14(10-18)20-15/h2-3,6-7,12,18H,4-5,8-10H2,1H3. The average Bonchev–Trinajstić information content (AvgIpc) is 3.22. The van der Waals surface area contributed by atoms with Gasteiger partial charge in [0.15, 0.2) is 0 Å². The molecule has 0 radical (unpaired) electrons. The number of aliphatic hydroxyl groups is 1. The summed E-state index contributed by atoms with van der Waals surface area (Å²) in [5, 5.41) is 10.4. The van der Waals surface area contributed by atoms with Gasteiger partial charge >= 0.3 is 0 Å². The first kappa shape index (κ1) is 13.6. The Morgan fingerprint density at radius 3 is 2.70 bits per heavy atom. The molecule has 0 spiro atoms. The summed E-state index contributed by atoms with van der Waals surface area (Å²) in [4.78, 5) is 5.71. The highest BCUT2D eigenvalue weighted by molar-refractivity contribution is 7.11. The van der Waals surface area contributed by atoms with Crippen LogP contribution in [-0.2, 0) is 13.0 Å². The third-order valence-corrected chi connectivity index (χ3v) is 4.60. The predicted molar refractivity (Wildman–Crippen MR) is 80.4 cm³/mol. The minimum Gasteiger partial charge on any atom is -0.493 e. The third kappa shape index (κ3) is 3.19. The summed E-state index contributed by atoms with van der Waals surface area (Å²) < 4.78 is 5.73. The highest BCUT2D eigenvalue weighted by Crippen LogP contribution is 2.42. The second-order valence-corrected chi connectivity index (χ2v) is 6.43. The minimum absolute atomic E-state index is 0.113. The predicted octanol–water partition coefficient (Wildman–Crippen LogP) is 3.44. The van der Waals surface area contributed by atoms with Crippen molar-refractivity contribution in [2.45, 2.75) is 38.7 Å². The lowest BCUT2D eigenvalue weighted by molar-refractivity contribution is 0.284. The van der Waals surface area contributed by atoms with E-state index in [1.54, 1.807) is 11.3 Å². The zero-order valence-electron chi connectivity index (χ0n) is 11.6. The maximum Gasteiger partial charge on any atom is 0.119 e. The Kier molecular flexibility index (Phi) is 4.03. The Hall–Kier alpha value is -1.39. The molecule has 0 aliphatic heterocycles. The molecule has 1 aliphatic carbocycles. The van der Waals surface area contributed by atoms with E-state index in [0.717, 1.165) is 27.7 Å². The molecule has 20 heavy (non-hydrogen) atoms. The van der Waals surface area contributed by atoms with E-state index in [9.17, 15) is 5.11 Å². The van der Waals surface area contributed by atoms with Crippen molar-refractivity contribution in [2.24, 2.45) is 0 Å². The lowest BCUT2D eigenvalue weighted by Gasteiger charge is -2.04. The number of benzene rings is 1. The number of thiazole rings is 1. The third-order valence-electron chi connectivity index (χ3n) is 3.49. The van der Waals surface area contributed by atoms with Crippen LogP contribution in [0.3, 0.4) is 0 Å². The van der Waals surface area contributed by atoms with E-state index in [2.05, 4.69) is 11.9 Å². The Balaban J connectivity index is 1.56. The minimum atomic E-state index is 0.113. The first-order valence-electron chi connectivity index (χ1n) is 7.05. The van der Waals surface area contributed by atoms with E-state index >= 15 is 0 Å². The molecular formula is C16H19NO2S. The Morgan fingerprint density at radius 2 is 2.05 bits per heavy atom. The van der Waals surface area contributed by atoms with Gasteiger partial charge in [0.2, 0.25) is 0 Å². The van der Waals surface area contributed by atoms with Crippen LogP contribution < -0.4 is 4.74 Å². The molecule has 1 aromatic heterocycles. The number of hydrogen-bond donors (Lipinski definition) is 1. The molecule has 1 aromatic carbocycles. The van der Waals surface area contributed by atoms with E-state index in [1.165, 1.54) is 18.4 Å². The summed E-state index contributed by atoms with van der Waals surface area (Å²) in [7, 11) is 0. The molecule has 106 valence electrons. The number of nitrogens with zero attached hydrogens (tertiary/aromatic N) is 1. The number of rotatable bonds is 6. The average molecular weight is 289 g/mol. The summed E-state index contributed by atoms with van der Waals surface area (Å²) >= 11 is 1.62. The largest absolute Gasteiger partial charge is 0.493 e. The van der Waals surface area contributed by atoms with Crippen LogP contribution in [0.5, 0.6) is 5.75 Å². The van der Waals surface area contributed by atoms with Crippen molar-refractivity contribution in [3.05, 3.63) is 45.4 Å². The molecule has 0 amide bonds. The number of hydrogen-bond acceptors (Lipinski definition) is 4. The van der Waals surface area contributed by atoms with Gasteiger partial charge in [-0.3, -0.25) is 0 Å². The number of aryl methyl sites for hydroxylation is 1. The molecule has 1 aliphatic rings. The second-order valence-electron chi connectivity index (χ2n) is 5.26. The smallest absolute Gasteiger partial charge is 0.119 e. The highest BCUT2D eigenvalue weighted by Gasteiger charge is 2.29. The van der Waals surface area contributed by atoms with Crippen LogP contribution in [0.1, 0.15) is 39.9 Å². The van der Waals surface area contributed by atoms with Gasteiger partial charge in [-0.1, -0.05) is 17.7 Å². The summed E-state index contributed by atoms with van der Waals surface area (Å²) in [6.07, 6.45) is 3.24. The number of aliphatic hydroxyl groups excluding tert-OH is 1. The quantitative estimate of drug-likeness (QED) is 0.885. The van der Waals surface area contributed by atoms with Crippen LogP contribution in [0.2, 0.25) is 0 Å². The maximum absolute atomic E-state index is 9.38. The van der Waals surface area contributed by atoms with E-state index in [-0.39, 0.29) is 6.61 Å². The first-order chi connectivity index (χ1) is 9.76. The zero-order valence-corrected chi connectivity index (χ0v) is 12.4. The van der Waals surface area contributed by atoms with Gasteiger partial charge in [-0.05, 0) is 31.9 Å². The van der Waals surface area contributed by atoms with Crippen molar-refractivity contribution < 1.29 is 9.84 Å². The van der Waals surface area contributed by atoms with Gasteiger partial charge in [0, 0.05) is 12.3 Å². The monoisotopic (exact) mass is 289 g/mol. The van der Waals surface area contributed by atoms with Gasteiger partial charge in [-0.2, -0.15) is 0 Å².